The summed E-state index contributed by atoms with van der Waals surface area (Å²) in [5.41, 5.74) is 4.07. The van der Waals surface area contributed by atoms with E-state index < -0.39 is 23.1 Å². The Labute approximate surface area is 103 Å². The van der Waals surface area contributed by atoms with Crippen molar-refractivity contribution in [2.45, 2.75) is 38.5 Å². The summed E-state index contributed by atoms with van der Waals surface area (Å²) in [6.07, 6.45) is -4.55. The van der Waals surface area contributed by atoms with Crippen molar-refractivity contribution in [2.75, 3.05) is 5.32 Å². The van der Waals surface area contributed by atoms with E-state index in [1.54, 1.807) is 20.8 Å². The first-order valence-corrected chi connectivity index (χ1v) is 5.44. The first-order chi connectivity index (χ1) is 8.04. The largest absolute Gasteiger partial charge is 0.416 e. The molecular weight excluding hydrogens is 248 g/mol. The number of nitrogens with two attached hydrogens (primary N) is 1. The Hall–Kier alpha value is -1.30. The molecule has 6 heteroatoms. The molecule has 0 bridgehead atoms. The number of hydrogen-bond acceptors (Lipinski definition) is 2. The van der Waals surface area contributed by atoms with E-state index in [1.807, 2.05) is 0 Å². The summed E-state index contributed by atoms with van der Waals surface area (Å²) in [7, 11) is 0. The second-order valence-corrected chi connectivity index (χ2v) is 4.83. The summed E-state index contributed by atoms with van der Waals surface area (Å²) in [6.45, 7) is 5.22. The molecule has 1 rings (SSSR count). The Morgan fingerprint density at radius 2 is 1.78 bits per heavy atom. The third-order valence-electron chi connectivity index (χ3n) is 2.89. The van der Waals surface area contributed by atoms with Crippen LogP contribution in [0, 0.1) is 5.82 Å². The van der Waals surface area contributed by atoms with Crippen LogP contribution in [0.25, 0.3) is 0 Å². The van der Waals surface area contributed by atoms with E-state index >= 15 is 0 Å². The molecule has 0 heterocycles. The normalized spacial score (nSPS) is 14.4. The second kappa shape index (κ2) is 4.76. The predicted octanol–water partition coefficient (Wildman–Crippen LogP) is 3.38. The molecule has 3 N–H and O–H groups in total. The van der Waals surface area contributed by atoms with Gasteiger partial charge in [-0.3, -0.25) is 0 Å². The van der Waals surface area contributed by atoms with Gasteiger partial charge < -0.3 is 11.1 Å². The molecule has 1 atom stereocenters. The van der Waals surface area contributed by atoms with Crippen LogP contribution < -0.4 is 11.1 Å². The van der Waals surface area contributed by atoms with Gasteiger partial charge in [-0.1, -0.05) is 0 Å². The summed E-state index contributed by atoms with van der Waals surface area (Å²) >= 11 is 0. The lowest BCUT2D eigenvalue weighted by Crippen LogP contribution is -2.47. The zero-order valence-electron chi connectivity index (χ0n) is 10.4. The summed E-state index contributed by atoms with van der Waals surface area (Å²) in [5, 5.41) is 2.80. The van der Waals surface area contributed by atoms with Crippen LogP contribution in [0.3, 0.4) is 0 Å². The van der Waals surface area contributed by atoms with Crippen molar-refractivity contribution in [1.82, 2.24) is 0 Å². The smallest absolute Gasteiger partial charge is 0.376 e. The average Bonchev–Trinajstić information content (AvgIpc) is 2.19. The highest BCUT2D eigenvalue weighted by Gasteiger charge is 2.32. The Balaban J connectivity index is 3.01. The van der Waals surface area contributed by atoms with Gasteiger partial charge >= 0.3 is 6.18 Å². The van der Waals surface area contributed by atoms with E-state index in [4.69, 9.17) is 5.73 Å². The molecule has 18 heavy (non-hydrogen) atoms. The Morgan fingerprint density at radius 1 is 1.22 bits per heavy atom. The van der Waals surface area contributed by atoms with Crippen LogP contribution in [-0.4, -0.2) is 11.6 Å². The van der Waals surface area contributed by atoms with E-state index in [2.05, 4.69) is 5.32 Å². The number of rotatable bonds is 3. The fourth-order valence-electron chi connectivity index (χ4n) is 1.25. The molecule has 0 saturated carbocycles. The first-order valence-electron chi connectivity index (χ1n) is 5.44. The van der Waals surface area contributed by atoms with Gasteiger partial charge in [-0.15, -0.1) is 0 Å². The van der Waals surface area contributed by atoms with Gasteiger partial charge in [0.05, 0.1) is 11.3 Å². The van der Waals surface area contributed by atoms with Gasteiger partial charge in [-0.05, 0) is 39.0 Å². The van der Waals surface area contributed by atoms with Crippen LogP contribution >= 0.6 is 0 Å². The van der Waals surface area contributed by atoms with Crippen LogP contribution in [0.1, 0.15) is 26.3 Å². The molecule has 0 aromatic heterocycles. The quantitative estimate of drug-likeness (QED) is 0.821. The minimum Gasteiger partial charge on any atom is -0.376 e. The molecule has 2 nitrogen and oxygen atoms in total. The lowest BCUT2D eigenvalue weighted by Gasteiger charge is -2.31. The number of benzene rings is 1. The molecular formula is C12H16F4N2. The highest BCUT2D eigenvalue weighted by Crippen LogP contribution is 2.32. The standard InChI is InChI=1S/C12H16F4N2/c1-7(17)11(2,3)18-10-5-4-8(6-9(10)13)12(14,15)16/h4-7,18H,17H2,1-3H3. The number of halogens is 4. The van der Waals surface area contributed by atoms with Crippen LogP contribution in [0.5, 0.6) is 0 Å². The molecule has 1 aromatic carbocycles. The molecule has 0 aliphatic heterocycles. The van der Waals surface area contributed by atoms with Gasteiger partial charge in [-0.25, -0.2) is 4.39 Å². The van der Waals surface area contributed by atoms with Crippen molar-refractivity contribution < 1.29 is 17.6 Å². The minimum atomic E-state index is -4.55. The Bertz CT molecular complexity index is 425. The zero-order valence-corrected chi connectivity index (χ0v) is 10.4. The third-order valence-corrected chi connectivity index (χ3v) is 2.89. The van der Waals surface area contributed by atoms with E-state index in [0.29, 0.717) is 6.07 Å². The van der Waals surface area contributed by atoms with Crippen LogP contribution in [0.2, 0.25) is 0 Å². The molecule has 1 unspecified atom stereocenters. The number of anilines is 1. The first kappa shape index (κ1) is 14.8. The average molecular weight is 264 g/mol. The van der Waals surface area contributed by atoms with Gasteiger partial charge in [0.2, 0.25) is 0 Å². The zero-order chi connectivity index (χ0) is 14.1. The summed E-state index contributed by atoms with van der Waals surface area (Å²) in [6, 6.07) is 2.09. The molecule has 0 radical (unpaired) electrons. The minimum absolute atomic E-state index is 0.00491. The van der Waals surface area contributed by atoms with Crippen molar-refractivity contribution >= 4 is 5.69 Å². The van der Waals surface area contributed by atoms with Crippen LogP contribution in [0.4, 0.5) is 23.2 Å². The Kier molecular flexibility index (Phi) is 3.90. The van der Waals surface area contributed by atoms with Gasteiger partial charge in [-0.2, -0.15) is 13.2 Å². The summed E-state index contributed by atoms with van der Waals surface area (Å²) < 4.78 is 50.6. The maximum atomic E-state index is 13.6. The third kappa shape index (κ3) is 3.35. The fraction of sp³-hybridized carbons (Fsp3) is 0.500. The lowest BCUT2D eigenvalue weighted by molar-refractivity contribution is -0.137. The van der Waals surface area contributed by atoms with Crippen molar-refractivity contribution in [1.29, 1.82) is 0 Å². The van der Waals surface area contributed by atoms with Gasteiger partial charge in [0.1, 0.15) is 5.82 Å². The molecule has 0 amide bonds. The van der Waals surface area contributed by atoms with E-state index in [1.165, 1.54) is 0 Å². The maximum absolute atomic E-state index is 13.6. The fourth-order valence-corrected chi connectivity index (χ4v) is 1.25. The molecule has 0 aliphatic carbocycles. The highest BCUT2D eigenvalue weighted by atomic mass is 19.4. The van der Waals surface area contributed by atoms with Crippen LogP contribution in [0.15, 0.2) is 18.2 Å². The highest BCUT2D eigenvalue weighted by molar-refractivity contribution is 5.49. The van der Waals surface area contributed by atoms with Gasteiger partial charge in [0, 0.05) is 11.6 Å². The van der Waals surface area contributed by atoms with Gasteiger partial charge in [0.25, 0.3) is 0 Å². The molecule has 0 saturated heterocycles. The maximum Gasteiger partial charge on any atom is 0.416 e. The van der Waals surface area contributed by atoms with Crippen molar-refractivity contribution in [3.05, 3.63) is 29.6 Å². The topological polar surface area (TPSA) is 38.0 Å². The number of hydrogen-bond donors (Lipinski definition) is 2. The second-order valence-electron chi connectivity index (χ2n) is 4.83. The summed E-state index contributed by atoms with van der Waals surface area (Å²) in [4.78, 5) is 0. The SMILES string of the molecule is CC(N)C(C)(C)Nc1ccc(C(F)(F)F)cc1F. The summed E-state index contributed by atoms with van der Waals surface area (Å²) in [5.74, 6) is -0.946. The molecule has 102 valence electrons. The molecule has 0 spiro atoms. The predicted molar refractivity (Wildman–Crippen MR) is 62.8 cm³/mol. The number of alkyl halides is 3. The van der Waals surface area contributed by atoms with Crippen molar-refractivity contribution in [2.24, 2.45) is 5.73 Å². The molecule has 0 fully saturated rings. The lowest BCUT2D eigenvalue weighted by atomic mass is 9.96. The van der Waals surface area contributed by atoms with Crippen LogP contribution in [-0.2, 0) is 6.18 Å². The number of nitrogens with one attached hydrogen (secondary N) is 1. The van der Waals surface area contributed by atoms with Crippen molar-refractivity contribution in [3.63, 3.8) is 0 Å². The monoisotopic (exact) mass is 264 g/mol. The van der Waals surface area contributed by atoms with E-state index in [9.17, 15) is 17.6 Å². The van der Waals surface area contributed by atoms with E-state index in [-0.39, 0.29) is 11.7 Å². The van der Waals surface area contributed by atoms with E-state index in [0.717, 1.165) is 12.1 Å². The van der Waals surface area contributed by atoms with Gasteiger partial charge in [0.15, 0.2) is 0 Å². The van der Waals surface area contributed by atoms with Crippen molar-refractivity contribution in [3.8, 4) is 0 Å². The molecule has 0 aliphatic rings. The molecule has 1 aromatic rings. The Morgan fingerprint density at radius 3 is 2.17 bits per heavy atom.